The van der Waals surface area contributed by atoms with Crippen molar-refractivity contribution in [3.05, 3.63) is 23.7 Å². The number of H-pyrrole nitrogens is 1. The summed E-state index contributed by atoms with van der Waals surface area (Å²) in [5.41, 5.74) is 1.18. The summed E-state index contributed by atoms with van der Waals surface area (Å²) >= 11 is 0. The number of aromatic nitrogens is 3. The van der Waals surface area contributed by atoms with Crippen molar-refractivity contribution in [3.63, 3.8) is 0 Å². The second kappa shape index (κ2) is 4.62. The average Bonchev–Trinajstić information content (AvgIpc) is 2.94. The van der Waals surface area contributed by atoms with Crippen LogP contribution in [0.1, 0.15) is 31.3 Å². The molecule has 0 radical (unpaired) electrons. The first-order chi connectivity index (χ1) is 7.83. The summed E-state index contributed by atoms with van der Waals surface area (Å²) < 4.78 is 5.10. The minimum Gasteiger partial charge on any atom is -0.342 e. The Morgan fingerprint density at radius 3 is 3.06 bits per heavy atom. The van der Waals surface area contributed by atoms with Gasteiger partial charge < -0.3 is 9.51 Å². The molecule has 0 atom stereocenters. The van der Waals surface area contributed by atoms with E-state index < -0.39 is 0 Å². The molecular formula is C11H12N4O. The first-order valence-electron chi connectivity index (χ1n) is 5.25. The van der Waals surface area contributed by atoms with Crippen molar-refractivity contribution in [2.45, 2.75) is 26.2 Å². The number of unbranched alkanes of at least 4 members (excludes halogenated alkanes) is 1. The average molecular weight is 216 g/mol. The van der Waals surface area contributed by atoms with E-state index in [-0.39, 0.29) is 0 Å². The predicted octanol–water partition coefficient (Wildman–Crippen LogP) is 2.28. The van der Waals surface area contributed by atoms with Gasteiger partial charge in [0.2, 0.25) is 0 Å². The Kier molecular flexibility index (Phi) is 3.01. The lowest BCUT2D eigenvalue weighted by atomic mass is 10.2. The van der Waals surface area contributed by atoms with Crippen LogP contribution in [0.4, 0.5) is 0 Å². The van der Waals surface area contributed by atoms with Gasteiger partial charge in [-0.3, -0.25) is 0 Å². The highest BCUT2D eigenvalue weighted by molar-refractivity contribution is 5.49. The van der Waals surface area contributed by atoms with E-state index in [1.165, 1.54) is 0 Å². The minimum absolute atomic E-state index is 0.438. The van der Waals surface area contributed by atoms with Crippen LogP contribution in [0.15, 0.2) is 16.7 Å². The summed E-state index contributed by atoms with van der Waals surface area (Å²) in [6.07, 6.45) is 2.98. The first kappa shape index (κ1) is 10.4. The molecule has 0 aromatic carbocycles. The van der Waals surface area contributed by atoms with Crippen LogP contribution in [0, 0.1) is 11.3 Å². The maximum atomic E-state index is 8.67. The van der Waals surface area contributed by atoms with E-state index in [2.05, 4.69) is 22.0 Å². The van der Waals surface area contributed by atoms with E-state index in [1.807, 2.05) is 6.07 Å². The quantitative estimate of drug-likeness (QED) is 0.850. The Morgan fingerprint density at radius 2 is 2.38 bits per heavy atom. The normalized spacial score (nSPS) is 10.2. The van der Waals surface area contributed by atoms with Crippen molar-refractivity contribution < 1.29 is 4.52 Å². The Labute approximate surface area is 93.1 Å². The molecular weight excluding hydrogens is 204 g/mol. The fourth-order valence-electron chi connectivity index (χ4n) is 1.38. The Morgan fingerprint density at radius 1 is 1.50 bits per heavy atom. The van der Waals surface area contributed by atoms with Crippen molar-refractivity contribution in [2.24, 2.45) is 0 Å². The van der Waals surface area contributed by atoms with Crippen LogP contribution >= 0.6 is 0 Å². The fraction of sp³-hybridized carbons (Fsp3) is 0.364. The molecule has 0 aliphatic carbocycles. The number of aromatic amines is 1. The van der Waals surface area contributed by atoms with Gasteiger partial charge in [0.1, 0.15) is 17.5 Å². The summed E-state index contributed by atoms with van der Waals surface area (Å²) in [7, 11) is 0. The van der Waals surface area contributed by atoms with Gasteiger partial charge in [0.25, 0.3) is 5.89 Å². The fourth-order valence-corrected chi connectivity index (χ4v) is 1.38. The number of nitrogens with zero attached hydrogens (tertiary/aromatic N) is 3. The van der Waals surface area contributed by atoms with Gasteiger partial charge in [-0.05, 0) is 18.6 Å². The molecule has 5 heteroatoms. The van der Waals surface area contributed by atoms with Crippen LogP contribution in [0.2, 0.25) is 0 Å². The smallest absolute Gasteiger partial charge is 0.274 e. The molecule has 0 unspecified atom stereocenters. The van der Waals surface area contributed by atoms with Crippen LogP contribution in [0.25, 0.3) is 11.6 Å². The lowest BCUT2D eigenvalue weighted by Crippen LogP contribution is -1.87. The lowest BCUT2D eigenvalue weighted by molar-refractivity contribution is 0.420. The molecule has 1 N–H and O–H groups in total. The van der Waals surface area contributed by atoms with Crippen molar-refractivity contribution in [3.8, 4) is 17.7 Å². The third-order valence-electron chi connectivity index (χ3n) is 2.26. The number of aryl methyl sites for hydroxylation is 1. The number of nitriles is 1. The predicted molar refractivity (Wildman–Crippen MR) is 57.4 cm³/mol. The SMILES string of the molecule is CCCCc1noc(-c2ccc(C#N)[nH]2)n1. The largest absolute Gasteiger partial charge is 0.342 e. The van der Waals surface area contributed by atoms with Gasteiger partial charge in [-0.15, -0.1) is 0 Å². The third-order valence-corrected chi connectivity index (χ3v) is 2.26. The highest BCUT2D eigenvalue weighted by atomic mass is 16.5. The van der Waals surface area contributed by atoms with Gasteiger partial charge in [-0.25, -0.2) is 0 Å². The molecule has 2 heterocycles. The molecule has 0 amide bonds. The number of hydrogen-bond acceptors (Lipinski definition) is 4. The van der Waals surface area contributed by atoms with E-state index >= 15 is 0 Å². The second-order valence-corrected chi connectivity index (χ2v) is 3.52. The summed E-state index contributed by atoms with van der Waals surface area (Å²) in [5, 5.41) is 12.5. The van der Waals surface area contributed by atoms with Gasteiger partial charge in [-0.1, -0.05) is 18.5 Å². The number of hydrogen-bond donors (Lipinski definition) is 1. The van der Waals surface area contributed by atoms with Crippen molar-refractivity contribution in [1.82, 2.24) is 15.1 Å². The van der Waals surface area contributed by atoms with E-state index in [4.69, 9.17) is 9.78 Å². The molecule has 0 spiro atoms. The Hall–Kier alpha value is -2.09. The number of rotatable bonds is 4. The zero-order valence-corrected chi connectivity index (χ0v) is 9.03. The van der Waals surface area contributed by atoms with E-state index in [9.17, 15) is 0 Å². The summed E-state index contributed by atoms with van der Waals surface area (Å²) in [6.45, 7) is 2.12. The summed E-state index contributed by atoms with van der Waals surface area (Å²) in [5.74, 6) is 1.15. The lowest BCUT2D eigenvalue weighted by Gasteiger charge is -1.88. The van der Waals surface area contributed by atoms with E-state index in [0.29, 0.717) is 23.1 Å². The highest BCUT2D eigenvalue weighted by Gasteiger charge is 2.10. The van der Waals surface area contributed by atoms with Gasteiger partial charge in [0, 0.05) is 6.42 Å². The maximum absolute atomic E-state index is 8.67. The van der Waals surface area contributed by atoms with Gasteiger partial charge in [-0.2, -0.15) is 10.2 Å². The van der Waals surface area contributed by atoms with Crippen LogP contribution in [-0.4, -0.2) is 15.1 Å². The first-order valence-corrected chi connectivity index (χ1v) is 5.25. The van der Waals surface area contributed by atoms with Gasteiger partial charge in [0.05, 0.1) is 0 Å². The van der Waals surface area contributed by atoms with Crippen LogP contribution in [0.5, 0.6) is 0 Å². The molecule has 82 valence electrons. The monoisotopic (exact) mass is 216 g/mol. The van der Waals surface area contributed by atoms with E-state index in [1.54, 1.807) is 12.1 Å². The van der Waals surface area contributed by atoms with Gasteiger partial charge >= 0.3 is 0 Å². The zero-order valence-electron chi connectivity index (χ0n) is 9.03. The van der Waals surface area contributed by atoms with Crippen LogP contribution in [0.3, 0.4) is 0 Å². The van der Waals surface area contributed by atoms with Crippen LogP contribution in [-0.2, 0) is 6.42 Å². The van der Waals surface area contributed by atoms with Crippen molar-refractivity contribution >= 4 is 0 Å². The molecule has 0 saturated heterocycles. The summed E-state index contributed by atoms with van der Waals surface area (Å²) in [6, 6.07) is 5.46. The van der Waals surface area contributed by atoms with Gasteiger partial charge in [0.15, 0.2) is 5.82 Å². The molecule has 0 fully saturated rings. The second-order valence-electron chi connectivity index (χ2n) is 3.52. The molecule has 0 bridgehead atoms. The molecule has 0 aliphatic rings. The topological polar surface area (TPSA) is 78.5 Å². The molecule has 2 aromatic heterocycles. The maximum Gasteiger partial charge on any atom is 0.274 e. The minimum atomic E-state index is 0.438. The Balaban J connectivity index is 2.15. The molecule has 0 aliphatic heterocycles. The molecule has 2 rings (SSSR count). The molecule has 5 nitrogen and oxygen atoms in total. The standard InChI is InChI=1S/C11H12N4O/c1-2-3-4-10-14-11(16-15-10)9-6-5-8(7-12)13-9/h5-6,13H,2-4H2,1H3. The number of nitrogens with one attached hydrogen (secondary N) is 1. The molecule has 16 heavy (non-hydrogen) atoms. The highest BCUT2D eigenvalue weighted by Crippen LogP contribution is 2.16. The van der Waals surface area contributed by atoms with Crippen LogP contribution < -0.4 is 0 Å². The third kappa shape index (κ3) is 2.11. The Bertz CT molecular complexity index is 506. The summed E-state index contributed by atoms with van der Waals surface area (Å²) in [4.78, 5) is 7.14. The van der Waals surface area contributed by atoms with Crippen molar-refractivity contribution in [1.29, 1.82) is 5.26 Å². The molecule has 0 saturated carbocycles. The van der Waals surface area contributed by atoms with E-state index in [0.717, 1.165) is 19.3 Å². The van der Waals surface area contributed by atoms with Crippen molar-refractivity contribution in [2.75, 3.05) is 0 Å². The zero-order chi connectivity index (χ0) is 11.4. The molecule has 2 aromatic rings.